The normalized spacial score (nSPS) is 10.3. The van der Waals surface area contributed by atoms with Crippen LogP contribution in [-0.4, -0.2) is 17.7 Å². The van der Waals surface area contributed by atoms with Crippen molar-refractivity contribution in [1.29, 1.82) is 0 Å². The molecule has 0 spiro atoms. The first-order valence-electron chi connectivity index (χ1n) is 7.40. The molecule has 116 valence electrons. The van der Waals surface area contributed by atoms with Crippen molar-refractivity contribution < 1.29 is 9.90 Å². The molecular weight excluding hydrogens is 276 g/mol. The lowest BCUT2D eigenvalue weighted by molar-refractivity contribution is 0.252. The molecule has 22 heavy (non-hydrogen) atoms. The molecule has 0 heterocycles. The highest BCUT2D eigenvalue weighted by Crippen LogP contribution is 2.17. The van der Waals surface area contributed by atoms with Gasteiger partial charge in [0.15, 0.2) is 0 Å². The van der Waals surface area contributed by atoms with Gasteiger partial charge in [0.1, 0.15) is 0 Å². The van der Waals surface area contributed by atoms with E-state index in [1.807, 2.05) is 56.3 Å². The first-order chi connectivity index (χ1) is 10.6. The molecule has 0 saturated carbocycles. The van der Waals surface area contributed by atoms with Gasteiger partial charge in [-0.05, 0) is 48.6 Å². The lowest BCUT2D eigenvalue weighted by Gasteiger charge is -2.11. The number of aryl methyl sites for hydroxylation is 1. The minimum atomic E-state index is -0.194. The van der Waals surface area contributed by atoms with E-state index in [1.165, 1.54) is 0 Å². The van der Waals surface area contributed by atoms with Crippen LogP contribution in [0.15, 0.2) is 42.5 Å². The highest BCUT2D eigenvalue weighted by Gasteiger charge is 2.05. The fraction of sp³-hybridized carbons (Fsp3) is 0.278. The summed E-state index contributed by atoms with van der Waals surface area (Å²) >= 11 is 0. The Bertz CT molecular complexity index is 636. The van der Waals surface area contributed by atoms with Crippen LogP contribution in [0.1, 0.15) is 22.3 Å². The average Bonchev–Trinajstić information content (AvgIpc) is 2.52. The number of hydrogen-bond donors (Lipinski definition) is 3. The van der Waals surface area contributed by atoms with Crippen LogP contribution in [0.4, 0.5) is 10.5 Å². The topological polar surface area (TPSA) is 61.4 Å². The van der Waals surface area contributed by atoms with Crippen molar-refractivity contribution in [2.24, 2.45) is 0 Å². The first-order valence-corrected chi connectivity index (χ1v) is 7.40. The summed E-state index contributed by atoms with van der Waals surface area (Å²) < 4.78 is 0. The van der Waals surface area contributed by atoms with E-state index >= 15 is 0 Å². The van der Waals surface area contributed by atoms with Crippen LogP contribution in [0, 0.1) is 13.8 Å². The van der Waals surface area contributed by atoms with Crippen molar-refractivity contribution in [3.05, 3.63) is 64.7 Å². The van der Waals surface area contributed by atoms with E-state index in [9.17, 15) is 4.79 Å². The van der Waals surface area contributed by atoms with Crippen LogP contribution in [0.25, 0.3) is 0 Å². The zero-order chi connectivity index (χ0) is 15.9. The second kappa shape index (κ2) is 7.61. The monoisotopic (exact) mass is 298 g/mol. The third-order valence-electron chi connectivity index (χ3n) is 3.76. The quantitative estimate of drug-likeness (QED) is 0.794. The maximum atomic E-state index is 11.9. The number of rotatable bonds is 5. The van der Waals surface area contributed by atoms with Crippen LogP contribution in [0.2, 0.25) is 0 Å². The Kier molecular flexibility index (Phi) is 5.55. The van der Waals surface area contributed by atoms with Crippen molar-refractivity contribution in [3.63, 3.8) is 0 Å². The van der Waals surface area contributed by atoms with Gasteiger partial charge in [0.25, 0.3) is 0 Å². The van der Waals surface area contributed by atoms with Gasteiger partial charge < -0.3 is 15.7 Å². The van der Waals surface area contributed by atoms with Gasteiger partial charge in [0.05, 0.1) is 6.61 Å². The Morgan fingerprint density at radius 2 is 1.73 bits per heavy atom. The highest BCUT2D eigenvalue weighted by molar-refractivity contribution is 5.90. The second-order valence-electron chi connectivity index (χ2n) is 5.35. The van der Waals surface area contributed by atoms with E-state index in [0.29, 0.717) is 6.54 Å². The Hall–Kier alpha value is -2.33. The zero-order valence-corrected chi connectivity index (χ0v) is 13.0. The summed E-state index contributed by atoms with van der Waals surface area (Å²) in [5.74, 6) is 0. The molecule has 0 aliphatic heterocycles. The number of aliphatic hydroxyl groups is 1. The Balaban J connectivity index is 1.81. The van der Waals surface area contributed by atoms with Crippen LogP contribution in [0.5, 0.6) is 0 Å². The molecule has 2 amide bonds. The van der Waals surface area contributed by atoms with Crippen LogP contribution in [-0.2, 0) is 13.0 Å². The van der Waals surface area contributed by atoms with Gasteiger partial charge in [-0.1, -0.05) is 36.4 Å². The van der Waals surface area contributed by atoms with E-state index in [0.717, 1.165) is 34.4 Å². The molecule has 0 unspecified atom stereocenters. The minimum Gasteiger partial charge on any atom is -0.392 e. The predicted octanol–water partition coefficient (Wildman–Crippen LogP) is 3.16. The molecule has 0 bridgehead atoms. The standard InChI is InChI=1S/C18H22N2O2/c1-13-4-3-5-17(14(13)2)20-18(22)19-11-10-15-6-8-16(12-21)9-7-15/h3-9,21H,10-12H2,1-2H3,(H2,19,20,22). The largest absolute Gasteiger partial charge is 0.392 e. The third-order valence-corrected chi connectivity index (χ3v) is 3.76. The maximum absolute atomic E-state index is 11.9. The number of hydrogen-bond acceptors (Lipinski definition) is 2. The molecule has 0 atom stereocenters. The SMILES string of the molecule is Cc1cccc(NC(=O)NCCc2ccc(CO)cc2)c1C. The molecule has 0 aromatic heterocycles. The van der Waals surface area contributed by atoms with Gasteiger partial charge in [-0.3, -0.25) is 0 Å². The van der Waals surface area contributed by atoms with Gasteiger partial charge in [-0.15, -0.1) is 0 Å². The fourth-order valence-corrected chi connectivity index (χ4v) is 2.18. The van der Waals surface area contributed by atoms with Crippen molar-refractivity contribution in [3.8, 4) is 0 Å². The summed E-state index contributed by atoms with van der Waals surface area (Å²) in [4.78, 5) is 11.9. The third kappa shape index (κ3) is 4.33. The summed E-state index contributed by atoms with van der Waals surface area (Å²) in [5, 5.41) is 14.7. The smallest absolute Gasteiger partial charge is 0.319 e. The van der Waals surface area contributed by atoms with Crippen molar-refractivity contribution in [2.45, 2.75) is 26.9 Å². The number of aliphatic hydroxyl groups excluding tert-OH is 1. The number of benzene rings is 2. The molecule has 2 aromatic carbocycles. The van der Waals surface area contributed by atoms with E-state index < -0.39 is 0 Å². The van der Waals surface area contributed by atoms with Crippen molar-refractivity contribution in [1.82, 2.24) is 5.32 Å². The van der Waals surface area contributed by atoms with Crippen molar-refractivity contribution >= 4 is 11.7 Å². The lowest BCUT2D eigenvalue weighted by atomic mass is 10.1. The summed E-state index contributed by atoms with van der Waals surface area (Å²) in [7, 11) is 0. The summed E-state index contributed by atoms with van der Waals surface area (Å²) in [6.07, 6.45) is 0.756. The number of amides is 2. The molecule has 0 saturated heterocycles. The number of nitrogens with one attached hydrogen (secondary N) is 2. The van der Waals surface area contributed by atoms with E-state index in [-0.39, 0.29) is 12.6 Å². The van der Waals surface area contributed by atoms with Gasteiger partial charge in [0.2, 0.25) is 0 Å². The van der Waals surface area contributed by atoms with Gasteiger partial charge in [0, 0.05) is 12.2 Å². The summed E-state index contributed by atoms with van der Waals surface area (Å²) in [5.41, 5.74) is 5.09. The summed E-state index contributed by atoms with van der Waals surface area (Å²) in [6, 6.07) is 13.4. The lowest BCUT2D eigenvalue weighted by Crippen LogP contribution is -2.30. The van der Waals surface area contributed by atoms with Gasteiger partial charge in [-0.25, -0.2) is 4.79 Å². The van der Waals surface area contributed by atoms with Gasteiger partial charge >= 0.3 is 6.03 Å². The van der Waals surface area contributed by atoms with Gasteiger partial charge in [-0.2, -0.15) is 0 Å². The molecule has 2 aromatic rings. The summed E-state index contributed by atoms with van der Waals surface area (Å²) in [6.45, 7) is 4.63. The Morgan fingerprint density at radius 3 is 2.41 bits per heavy atom. The molecule has 0 fully saturated rings. The number of anilines is 1. The number of carbonyl (C=O) groups excluding carboxylic acids is 1. The molecule has 2 rings (SSSR count). The molecule has 4 nitrogen and oxygen atoms in total. The Morgan fingerprint density at radius 1 is 1.05 bits per heavy atom. The molecule has 4 heteroatoms. The van der Waals surface area contributed by atoms with Crippen molar-refractivity contribution in [2.75, 3.05) is 11.9 Å². The Labute approximate surface area is 131 Å². The highest BCUT2D eigenvalue weighted by atomic mass is 16.3. The molecule has 0 radical (unpaired) electrons. The van der Waals surface area contributed by atoms with E-state index in [2.05, 4.69) is 10.6 Å². The number of urea groups is 1. The zero-order valence-electron chi connectivity index (χ0n) is 13.0. The number of carbonyl (C=O) groups is 1. The average molecular weight is 298 g/mol. The fourth-order valence-electron chi connectivity index (χ4n) is 2.18. The van der Waals surface area contributed by atoms with E-state index in [4.69, 9.17) is 5.11 Å². The van der Waals surface area contributed by atoms with E-state index in [1.54, 1.807) is 0 Å². The first kappa shape index (κ1) is 16.0. The molecule has 0 aliphatic rings. The second-order valence-corrected chi connectivity index (χ2v) is 5.35. The predicted molar refractivity (Wildman–Crippen MR) is 89.0 cm³/mol. The molecule has 3 N–H and O–H groups in total. The minimum absolute atomic E-state index is 0.0524. The molecule has 0 aliphatic carbocycles. The van der Waals surface area contributed by atoms with Crippen LogP contribution < -0.4 is 10.6 Å². The molecular formula is C18H22N2O2. The van der Waals surface area contributed by atoms with Crippen LogP contribution >= 0.6 is 0 Å². The maximum Gasteiger partial charge on any atom is 0.319 e. The van der Waals surface area contributed by atoms with Crippen LogP contribution in [0.3, 0.4) is 0 Å².